The van der Waals surface area contributed by atoms with Gasteiger partial charge in [0.1, 0.15) is 5.82 Å². The standard InChI is InChI=1S/C20H19FN2O3S/c21-17-4-2-1-3-16(17)19-8-10-23(11-12-27(19,25)26)20(24)15-5-6-18-14(13-15)7-9-22-18/h1-7,9,13,19,22H,8,10-12H2/t19-/m1/s1. The number of halogens is 1. The first-order chi connectivity index (χ1) is 13.0. The van der Waals surface area contributed by atoms with Crippen molar-refractivity contribution >= 4 is 26.6 Å². The summed E-state index contributed by atoms with van der Waals surface area (Å²) in [6, 6.07) is 13.2. The first kappa shape index (κ1) is 17.7. The zero-order valence-corrected chi connectivity index (χ0v) is 15.4. The Morgan fingerprint density at radius 3 is 2.74 bits per heavy atom. The van der Waals surface area contributed by atoms with E-state index in [1.165, 1.54) is 18.2 Å². The molecule has 1 aliphatic heterocycles. The van der Waals surface area contributed by atoms with Crippen LogP contribution in [0.1, 0.15) is 27.6 Å². The third-order valence-electron chi connectivity index (χ3n) is 5.08. The predicted molar refractivity (Wildman–Crippen MR) is 102 cm³/mol. The third-order valence-corrected chi connectivity index (χ3v) is 7.19. The van der Waals surface area contributed by atoms with Crippen LogP contribution in [0.25, 0.3) is 10.9 Å². The number of aromatic amines is 1. The summed E-state index contributed by atoms with van der Waals surface area (Å²) >= 11 is 0. The first-order valence-electron chi connectivity index (χ1n) is 8.78. The van der Waals surface area contributed by atoms with Crippen LogP contribution in [-0.4, -0.2) is 43.1 Å². The molecule has 0 radical (unpaired) electrons. The summed E-state index contributed by atoms with van der Waals surface area (Å²) in [5.41, 5.74) is 1.63. The molecular formula is C20H19FN2O3S. The van der Waals surface area contributed by atoms with Gasteiger partial charge in [0.2, 0.25) is 0 Å². The van der Waals surface area contributed by atoms with Gasteiger partial charge in [-0.15, -0.1) is 0 Å². The SMILES string of the molecule is O=C(c1ccc2[nH]ccc2c1)N1CC[C@H](c2ccccc2F)S(=O)(=O)CC1. The minimum absolute atomic E-state index is 0.108. The number of benzene rings is 2. The van der Waals surface area contributed by atoms with E-state index >= 15 is 0 Å². The molecule has 1 aliphatic rings. The van der Waals surface area contributed by atoms with E-state index in [0.717, 1.165) is 10.9 Å². The minimum atomic E-state index is -3.55. The number of fused-ring (bicyclic) bond motifs is 1. The second kappa shape index (κ2) is 6.81. The highest BCUT2D eigenvalue weighted by atomic mass is 32.2. The van der Waals surface area contributed by atoms with Crippen molar-refractivity contribution in [2.24, 2.45) is 0 Å². The van der Waals surface area contributed by atoms with Crippen molar-refractivity contribution < 1.29 is 17.6 Å². The maximum Gasteiger partial charge on any atom is 0.253 e. The quantitative estimate of drug-likeness (QED) is 0.735. The number of amides is 1. The number of hydrogen-bond acceptors (Lipinski definition) is 3. The van der Waals surface area contributed by atoms with Gasteiger partial charge >= 0.3 is 0 Å². The van der Waals surface area contributed by atoms with Crippen molar-refractivity contribution in [2.45, 2.75) is 11.7 Å². The van der Waals surface area contributed by atoms with Crippen molar-refractivity contribution in [3.05, 3.63) is 71.7 Å². The van der Waals surface area contributed by atoms with Crippen molar-refractivity contribution in [2.75, 3.05) is 18.8 Å². The lowest BCUT2D eigenvalue weighted by Gasteiger charge is -2.20. The Morgan fingerprint density at radius 1 is 1.11 bits per heavy atom. The normalized spacial score (nSPS) is 19.7. The van der Waals surface area contributed by atoms with Crippen LogP contribution < -0.4 is 0 Å². The van der Waals surface area contributed by atoms with Crippen molar-refractivity contribution in [1.29, 1.82) is 0 Å². The molecule has 7 heteroatoms. The van der Waals surface area contributed by atoms with Gasteiger partial charge in [-0.05, 0) is 36.8 Å². The van der Waals surface area contributed by atoms with Crippen molar-refractivity contribution in [3.8, 4) is 0 Å². The molecule has 2 heterocycles. The Labute approximate surface area is 156 Å². The van der Waals surface area contributed by atoms with Gasteiger partial charge in [0.05, 0.1) is 11.0 Å². The Morgan fingerprint density at radius 2 is 1.93 bits per heavy atom. The van der Waals surface area contributed by atoms with Gasteiger partial charge in [-0.1, -0.05) is 18.2 Å². The molecule has 1 amide bonds. The van der Waals surface area contributed by atoms with Crippen LogP contribution in [0.2, 0.25) is 0 Å². The largest absolute Gasteiger partial charge is 0.361 e. The predicted octanol–water partition coefficient (Wildman–Crippen LogP) is 3.31. The van der Waals surface area contributed by atoms with Crippen LogP contribution in [0.15, 0.2) is 54.7 Å². The van der Waals surface area contributed by atoms with Crippen LogP contribution >= 0.6 is 0 Å². The highest BCUT2D eigenvalue weighted by Crippen LogP contribution is 2.31. The maximum atomic E-state index is 14.1. The summed E-state index contributed by atoms with van der Waals surface area (Å²) in [5, 5.41) is -0.00354. The number of H-pyrrole nitrogens is 1. The third kappa shape index (κ3) is 3.35. The second-order valence-electron chi connectivity index (χ2n) is 6.74. The number of hydrogen-bond donors (Lipinski definition) is 1. The van der Waals surface area contributed by atoms with Gasteiger partial charge in [-0.3, -0.25) is 4.79 Å². The molecule has 0 saturated carbocycles. The lowest BCUT2D eigenvalue weighted by Crippen LogP contribution is -2.33. The molecule has 1 aromatic heterocycles. The number of carbonyl (C=O) groups excluding carboxylic acids is 1. The maximum absolute atomic E-state index is 14.1. The molecule has 0 aliphatic carbocycles. The molecule has 0 bridgehead atoms. The van der Waals surface area contributed by atoms with E-state index in [9.17, 15) is 17.6 Å². The molecular weight excluding hydrogens is 367 g/mol. The fraction of sp³-hybridized carbons (Fsp3) is 0.250. The molecule has 4 rings (SSSR count). The molecule has 2 aromatic carbocycles. The Balaban J connectivity index is 1.60. The Kier molecular flexibility index (Phi) is 4.47. The van der Waals surface area contributed by atoms with Gasteiger partial charge in [0.15, 0.2) is 9.84 Å². The fourth-order valence-electron chi connectivity index (χ4n) is 3.60. The zero-order valence-electron chi connectivity index (χ0n) is 14.6. The highest BCUT2D eigenvalue weighted by Gasteiger charge is 2.34. The lowest BCUT2D eigenvalue weighted by atomic mass is 10.1. The van der Waals surface area contributed by atoms with E-state index in [0.29, 0.717) is 5.56 Å². The fourth-order valence-corrected chi connectivity index (χ4v) is 5.40. The van der Waals surface area contributed by atoms with E-state index in [1.54, 1.807) is 29.3 Å². The van der Waals surface area contributed by atoms with Crippen molar-refractivity contribution in [3.63, 3.8) is 0 Å². The number of nitrogens with zero attached hydrogens (tertiary/aromatic N) is 1. The number of aromatic nitrogens is 1. The van der Waals surface area contributed by atoms with Crippen molar-refractivity contribution in [1.82, 2.24) is 9.88 Å². The van der Waals surface area contributed by atoms with E-state index < -0.39 is 20.9 Å². The summed E-state index contributed by atoms with van der Waals surface area (Å²) in [6.07, 6.45) is 1.98. The molecule has 5 nitrogen and oxygen atoms in total. The van der Waals surface area contributed by atoms with Crippen LogP contribution in [0.5, 0.6) is 0 Å². The van der Waals surface area contributed by atoms with Crippen LogP contribution in [-0.2, 0) is 9.84 Å². The number of rotatable bonds is 2. The molecule has 27 heavy (non-hydrogen) atoms. The van der Waals surface area contributed by atoms with Gasteiger partial charge < -0.3 is 9.88 Å². The Hall–Kier alpha value is -2.67. The average Bonchev–Trinajstić information content (AvgIpc) is 3.06. The molecule has 3 aromatic rings. The van der Waals surface area contributed by atoms with E-state index in [4.69, 9.17) is 0 Å². The van der Waals surface area contributed by atoms with Gasteiger partial charge in [-0.2, -0.15) is 0 Å². The summed E-state index contributed by atoms with van der Waals surface area (Å²) in [5.74, 6) is -0.907. The molecule has 1 N–H and O–H groups in total. The molecule has 0 unspecified atom stereocenters. The lowest BCUT2D eigenvalue weighted by molar-refractivity contribution is 0.0766. The minimum Gasteiger partial charge on any atom is -0.361 e. The molecule has 1 saturated heterocycles. The summed E-state index contributed by atoms with van der Waals surface area (Å²) in [7, 11) is -3.55. The van der Waals surface area contributed by atoms with E-state index in [1.807, 2.05) is 12.1 Å². The van der Waals surface area contributed by atoms with Gasteiger partial charge in [0, 0.05) is 41.3 Å². The second-order valence-corrected chi connectivity index (χ2v) is 9.04. The number of carbonyl (C=O) groups is 1. The van der Waals surface area contributed by atoms with Gasteiger partial charge in [-0.25, -0.2) is 12.8 Å². The first-order valence-corrected chi connectivity index (χ1v) is 10.5. The smallest absolute Gasteiger partial charge is 0.253 e. The van der Waals surface area contributed by atoms with Crippen LogP contribution in [0.3, 0.4) is 0 Å². The van der Waals surface area contributed by atoms with E-state index in [-0.39, 0.29) is 36.7 Å². The highest BCUT2D eigenvalue weighted by molar-refractivity contribution is 7.91. The van der Waals surface area contributed by atoms with Crippen LogP contribution in [0, 0.1) is 5.82 Å². The molecule has 0 spiro atoms. The molecule has 140 valence electrons. The van der Waals surface area contributed by atoms with Crippen LogP contribution in [0.4, 0.5) is 4.39 Å². The van der Waals surface area contributed by atoms with Gasteiger partial charge in [0.25, 0.3) is 5.91 Å². The number of sulfone groups is 1. The summed E-state index contributed by atoms with van der Waals surface area (Å²) < 4.78 is 39.5. The molecule has 1 fully saturated rings. The zero-order chi connectivity index (χ0) is 19.0. The summed E-state index contributed by atoms with van der Waals surface area (Å²) in [4.78, 5) is 17.5. The number of nitrogens with one attached hydrogen (secondary N) is 1. The Bertz CT molecular complexity index is 1110. The van der Waals surface area contributed by atoms with E-state index in [2.05, 4.69) is 4.98 Å². The average molecular weight is 386 g/mol. The topological polar surface area (TPSA) is 70.2 Å². The monoisotopic (exact) mass is 386 g/mol. The summed E-state index contributed by atoms with van der Waals surface area (Å²) in [6.45, 7) is 0.375. The molecule has 1 atom stereocenters.